The number of aromatic nitrogens is 3. The van der Waals surface area contributed by atoms with Crippen LogP contribution >= 0.6 is 34.3 Å². The molecule has 1 fully saturated rings. The number of aryl methyl sites for hydroxylation is 1. The summed E-state index contributed by atoms with van der Waals surface area (Å²) in [7, 11) is 0. The third-order valence-corrected chi connectivity index (χ3v) is 6.88. The maximum Gasteiger partial charge on any atom is 0.223 e. The third-order valence-electron chi connectivity index (χ3n) is 4.81. The molecule has 3 heterocycles. The van der Waals surface area contributed by atoms with E-state index in [2.05, 4.69) is 32.1 Å². The minimum atomic E-state index is 0.108. The summed E-state index contributed by atoms with van der Waals surface area (Å²) in [5.41, 5.74) is 7.30. The molecule has 0 spiro atoms. The maximum absolute atomic E-state index is 9.37. The van der Waals surface area contributed by atoms with Gasteiger partial charge in [-0.3, -0.25) is 0 Å². The van der Waals surface area contributed by atoms with Crippen LogP contribution in [0.4, 0.5) is 11.8 Å². The fourth-order valence-electron chi connectivity index (χ4n) is 3.37. The van der Waals surface area contributed by atoms with Gasteiger partial charge in [-0.05, 0) is 44.2 Å². The van der Waals surface area contributed by atoms with E-state index in [1.54, 1.807) is 22.7 Å². The van der Waals surface area contributed by atoms with Gasteiger partial charge in [0.05, 0.1) is 20.5 Å². The lowest BCUT2D eigenvalue weighted by Gasteiger charge is -2.15. The lowest BCUT2D eigenvalue weighted by atomic mass is 10.1. The Morgan fingerprint density at radius 1 is 1.28 bits per heavy atom. The van der Waals surface area contributed by atoms with Crippen molar-refractivity contribution in [2.45, 2.75) is 32.2 Å². The van der Waals surface area contributed by atoms with Crippen molar-refractivity contribution < 1.29 is 5.11 Å². The van der Waals surface area contributed by atoms with Crippen molar-refractivity contribution in [2.75, 3.05) is 17.7 Å². The van der Waals surface area contributed by atoms with E-state index < -0.39 is 0 Å². The fourth-order valence-corrected chi connectivity index (χ4v) is 5.10. The molecular formula is C20H20ClN5OS2. The molecule has 1 aliphatic carbocycles. The molecule has 9 heteroatoms. The van der Waals surface area contributed by atoms with Crippen molar-refractivity contribution in [3.63, 3.8) is 0 Å². The molecule has 3 aromatic rings. The highest BCUT2D eigenvalue weighted by molar-refractivity contribution is 7.16. The van der Waals surface area contributed by atoms with Gasteiger partial charge >= 0.3 is 0 Å². The molecular weight excluding hydrogens is 426 g/mol. The standard InChI is InChI=1S/C20H20ClN5OS2/c1-11-23-16(10-28-11)17-7-5-14(29-17)4-6-15-18(21)25-20(22)26-19(15)24-13-3-2-12(8-13)9-27/h5,7,10,12-13,27H,2-3,8-9H2,1H3,(H3,22,24,25,26)/t12-,13+/m1/s1. The predicted octanol–water partition coefficient (Wildman–Crippen LogP) is 4.18. The van der Waals surface area contributed by atoms with Crippen molar-refractivity contribution in [1.82, 2.24) is 15.0 Å². The number of aliphatic hydroxyl groups is 1. The van der Waals surface area contributed by atoms with E-state index in [9.17, 15) is 5.11 Å². The van der Waals surface area contributed by atoms with Crippen LogP contribution in [0.25, 0.3) is 10.6 Å². The SMILES string of the molecule is Cc1nc(-c2ccc(C#Cc3c(Cl)nc(N)nc3N[C@H]3CC[C@@H](CO)C3)s2)cs1. The molecule has 2 atom stereocenters. The van der Waals surface area contributed by atoms with Gasteiger partial charge in [0.25, 0.3) is 0 Å². The minimum Gasteiger partial charge on any atom is -0.396 e. The Labute approximate surface area is 182 Å². The first-order valence-electron chi connectivity index (χ1n) is 9.26. The van der Waals surface area contributed by atoms with Crippen molar-refractivity contribution in [2.24, 2.45) is 5.92 Å². The van der Waals surface area contributed by atoms with Gasteiger partial charge in [-0.25, -0.2) is 4.98 Å². The van der Waals surface area contributed by atoms with Gasteiger partial charge in [0.15, 0.2) is 5.15 Å². The van der Waals surface area contributed by atoms with Crippen molar-refractivity contribution in [1.29, 1.82) is 0 Å². The molecule has 1 saturated carbocycles. The van der Waals surface area contributed by atoms with Crippen molar-refractivity contribution in [3.8, 4) is 22.4 Å². The summed E-state index contributed by atoms with van der Waals surface area (Å²) in [5.74, 6) is 7.25. The summed E-state index contributed by atoms with van der Waals surface area (Å²) >= 11 is 9.54. The molecule has 0 unspecified atom stereocenters. The van der Waals surface area contributed by atoms with Crippen molar-refractivity contribution >= 4 is 46.0 Å². The highest BCUT2D eigenvalue weighted by atomic mass is 35.5. The average molecular weight is 446 g/mol. The summed E-state index contributed by atoms with van der Waals surface area (Å²) in [5, 5.41) is 16.1. The van der Waals surface area contributed by atoms with Crippen LogP contribution in [0.3, 0.4) is 0 Å². The second-order valence-corrected chi connectivity index (χ2v) is 9.47. The molecule has 3 aromatic heterocycles. The Hall–Kier alpha value is -2.18. The number of hydrogen-bond acceptors (Lipinski definition) is 8. The number of nitrogens with zero attached hydrogens (tertiary/aromatic N) is 3. The zero-order chi connectivity index (χ0) is 20.4. The molecule has 29 heavy (non-hydrogen) atoms. The number of thiazole rings is 1. The van der Waals surface area contributed by atoms with Crippen LogP contribution in [0.15, 0.2) is 17.5 Å². The van der Waals surface area contributed by atoms with Crippen molar-refractivity contribution in [3.05, 3.63) is 38.1 Å². The number of nitrogens with two attached hydrogens (primary N) is 1. The molecule has 4 rings (SSSR count). The average Bonchev–Trinajstić information content (AvgIpc) is 3.41. The monoisotopic (exact) mass is 445 g/mol. The zero-order valence-corrected chi connectivity index (χ0v) is 18.2. The highest BCUT2D eigenvalue weighted by Crippen LogP contribution is 2.31. The van der Waals surface area contributed by atoms with E-state index in [0.717, 1.165) is 39.7 Å². The summed E-state index contributed by atoms with van der Waals surface area (Å²) in [6, 6.07) is 4.21. The van der Waals surface area contributed by atoms with Gasteiger partial charge < -0.3 is 16.2 Å². The Balaban J connectivity index is 1.58. The van der Waals surface area contributed by atoms with E-state index in [0.29, 0.717) is 17.3 Å². The second kappa shape index (κ2) is 8.67. The first-order valence-corrected chi connectivity index (χ1v) is 11.3. The van der Waals surface area contributed by atoms with Crippen LogP contribution in [-0.4, -0.2) is 32.7 Å². The number of nitrogen functional groups attached to an aromatic ring is 1. The number of aliphatic hydroxyl groups excluding tert-OH is 1. The summed E-state index contributed by atoms with van der Waals surface area (Å²) in [6.45, 7) is 2.20. The highest BCUT2D eigenvalue weighted by Gasteiger charge is 2.25. The van der Waals surface area contributed by atoms with Gasteiger partial charge in [-0.1, -0.05) is 23.4 Å². The lowest BCUT2D eigenvalue weighted by Crippen LogP contribution is -2.19. The summed E-state index contributed by atoms with van der Waals surface area (Å²) in [4.78, 5) is 14.9. The van der Waals surface area contributed by atoms with Crippen LogP contribution in [0.5, 0.6) is 0 Å². The van der Waals surface area contributed by atoms with E-state index in [1.165, 1.54) is 0 Å². The van der Waals surface area contributed by atoms with Crippen LogP contribution < -0.4 is 11.1 Å². The molecule has 0 bridgehead atoms. The first kappa shape index (κ1) is 20.1. The number of rotatable bonds is 4. The number of nitrogens with one attached hydrogen (secondary N) is 1. The number of halogens is 1. The molecule has 0 saturated heterocycles. The van der Waals surface area contributed by atoms with Gasteiger partial charge in [0, 0.05) is 18.0 Å². The minimum absolute atomic E-state index is 0.108. The quantitative estimate of drug-likeness (QED) is 0.411. The largest absolute Gasteiger partial charge is 0.396 e. The van der Waals surface area contributed by atoms with E-state index in [1.807, 2.05) is 24.4 Å². The van der Waals surface area contributed by atoms with Gasteiger partial charge in [0.1, 0.15) is 11.4 Å². The molecule has 0 amide bonds. The first-order chi connectivity index (χ1) is 14.0. The maximum atomic E-state index is 9.37. The van der Waals surface area contributed by atoms with Gasteiger partial charge in [0.2, 0.25) is 5.95 Å². The van der Waals surface area contributed by atoms with Crippen LogP contribution in [0, 0.1) is 24.7 Å². The number of thiophene rings is 1. The van der Waals surface area contributed by atoms with Crippen LogP contribution in [-0.2, 0) is 0 Å². The number of hydrogen-bond donors (Lipinski definition) is 3. The van der Waals surface area contributed by atoms with Crippen LogP contribution in [0.1, 0.15) is 34.7 Å². The molecule has 4 N–H and O–H groups in total. The Bertz CT molecular complexity index is 1080. The summed E-state index contributed by atoms with van der Waals surface area (Å²) in [6.07, 6.45) is 2.82. The van der Waals surface area contributed by atoms with Gasteiger partial charge in [-0.2, -0.15) is 9.97 Å². The molecule has 0 aromatic carbocycles. The summed E-state index contributed by atoms with van der Waals surface area (Å²) < 4.78 is 0. The Morgan fingerprint density at radius 2 is 2.14 bits per heavy atom. The van der Waals surface area contributed by atoms with Gasteiger partial charge in [-0.15, -0.1) is 22.7 Å². The molecule has 1 aliphatic rings. The second-order valence-electron chi connectivity index (χ2n) is 6.96. The smallest absolute Gasteiger partial charge is 0.223 e. The zero-order valence-electron chi connectivity index (χ0n) is 15.8. The number of anilines is 2. The molecule has 6 nitrogen and oxygen atoms in total. The fraction of sp³-hybridized carbons (Fsp3) is 0.350. The lowest BCUT2D eigenvalue weighted by molar-refractivity contribution is 0.229. The predicted molar refractivity (Wildman–Crippen MR) is 119 cm³/mol. The topological polar surface area (TPSA) is 97.0 Å². The van der Waals surface area contributed by atoms with E-state index in [-0.39, 0.29) is 23.8 Å². The molecule has 0 aliphatic heterocycles. The van der Waals surface area contributed by atoms with E-state index in [4.69, 9.17) is 17.3 Å². The Morgan fingerprint density at radius 3 is 2.86 bits per heavy atom. The third kappa shape index (κ3) is 4.70. The van der Waals surface area contributed by atoms with Crippen LogP contribution in [0.2, 0.25) is 5.15 Å². The molecule has 0 radical (unpaired) electrons. The normalized spacial score (nSPS) is 18.4. The van der Waals surface area contributed by atoms with E-state index >= 15 is 0 Å². The Kier molecular flexibility index (Phi) is 6.01. The molecule has 150 valence electrons.